The van der Waals surface area contributed by atoms with Gasteiger partial charge in [-0.25, -0.2) is 4.21 Å². The van der Waals surface area contributed by atoms with E-state index in [1.54, 1.807) is 12.1 Å². The fourth-order valence-corrected chi connectivity index (χ4v) is 5.04. The topological polar surface area (TPSA) is 63.6 Å². The fourth-order valence-electron chi connectivity index (χ4n) is 3.57. The highest BCUT2D eigenvalue weighted by molar-refractivity contribution is 7.89. The number of aryl methyl sites for hydroxylation is 1. The van der Waals surface area contributed by atoms with Crippen LogP contribution in [0.5, 0.6) is 0 Å². The van der Waals surface area contributed by atoms with Crippen LogP contribution < -0.4 is 0 Å². The second kappa shape index (κ2) is 8.63. The van der Waals surface area contributed by atoms with Gasteiger partial charge in [-0.3, -0.25) is 4.79 Å². The predicted octanol–water partition coefficient (Wildman–Crippen LogP) is 3.92. The molecule has 0 saturated carbocycles. The number of ether oxygens (including phenoxy) is 1. The second-order valence-electron chi connectivity index (χ2n) is 6.78. The summed E-state index contributed by atoms with van der Waals surface area (Å²) in [6.07, 6.45) is 2.32. The standard InChI is InChI=1S/C22H24O4S/c1-15-11-13-17(14-12-15)27(25)19-10-6-9-18(19)20(22(24)26-2)21(23)16-7-4-3-5-8-16/h3-5,7-8,10-14,18,20-21,23H,6,9H2,1-2H3/t18-,20-,21+,27-/m0/s1. The lowest BCUT2D eigenvalue weighted by atomic mass is 9.84. The first-order valence-corrected chi connectivity index (χ1v) is 10.2. The first-order valence-electron chi connectivity index (χ1n) is 9.02. The summed E-state index contributed by atoms with van der Waals surface area (Å²) in [6.45, 7) is 1.98. The minimum absolute atomic E-state index is 0.324. The lowest BCUT2D eigenvalue weighted by Crippen LogP contribution is -2.31. The zero-order chi connectivity index (χ0) is 19.4. The summed E-state index contributed by atoms with van der Waals surface area (Å²) >= 11 is 0. The summed E-state index contributed by atoms with van der Waals surface area (Å²) in [6, 6.07) is 16.6. The maximum atomic E-state index is 13.2. The van der Waals surface area contributed by atoms with Gasteiger partial charge in [-0.15, -0.1) is 0 Å². The molecule has 0 spiro atoms. The lowest BCUT2D eigenvalue weighted by molar-refractivity contribution is -0.151. The molecule has 0 aliphatic heterocycles. The van der Waals surface area contributed by atoms with Crippen LogP contribution >= 0.6 is 0 Å². The average molecular weight is 384 g/mol. The molecular formula is C22H24O4S. The highest BCUT2D eigenvalue weighted by Crippen LogP contribution is 2.42. The third-order valence-corrected chi connectivity index (χ3v) is 6.62. The second-order valence-corrected chi connectivity index (χ2v) is 8.26. The van der Waals surface area contributed by atoms with Crippen molar-refractivity contribution in [2.24, 2.45) is 11.8 Å². The molecule has 0 bridgehead atoms. The molecule has 0 aromatic heterocycles. The van der Waals surface area contributed by atoms with E-state index in [9.17, 15) is 14.1 Å². The van der Waals surface area contributed by atoms with Gasteiger partial charge in [0.2, 0.25) is 0 Å². The molecule has 1 aliphatic carbocycles. The maximum Gasteiger partial charge on any atom is 0.312 e. The van der Waals surface area contributed by atoms with Crippen LogP contribution in [-0.4, -0.2) is 22.4 Å². The quantitative estimate of drug-likeness (QED) is 0.767. The number of carbonyl (C=O) groups is 1. The molecule has 142 valence electrons. The number of hydrogen-bond donors (Lipinski definition) is 1. The molecule has 2 aromatic carbocycles. The molecule has 0 unspecified atom stereocenters. The normalized spacial score (nSPS) is 19.8. The van der Waals surface area contributed by atoms with Crippen LogP contribution in [-0.2, 0) is 20.3 Å². The van der Waals surface area contributed by atoms with Gasteiger partial charge in [-0.1, -0.05) is 54.1 Å². The smallest absolute Gasteiger partial charge is 0.312 e. The largest absolute Gasteiger partial charge is 0.469 e. The zero-order valence-electron chi connectivity index (χ0n) is 15.5. The van der Waals surface area contributed by atoms with Gasteiger partial charge in [0.05, 0.1) is 29.9 Å². The molecule has 0 radical (unpaired) electrons. The van der Waals surface area contributed by atoms with Crippen molar-refractivity contribution < 1.29 is 18.8 Å². The van der Waals surface area contributed by atoms with Crippen LogP contribution in [0.1, 0.15) is 30.1 Å². The average Bonchev–Trinajstić information content (AvgIpc) is 3.17. The Kier molecular flexibility index (Phi) is 6.24. The number of rotatable bonds is 6. The van der Waals surface area contributed by atoms with E-state index in [0.29, 0.717) is 21.8 Å². The van der Waals surface area contributed by atoms with Crippen molar-refractivity contribution in [3.8, 4) is 0 Å². The number of aliphatic hydroxyl groups is 1. The van der Waals surface area contributed by atoms with Gasteiger partial charge in [-0.05, 0) is 37.5 Å². The first-order chi connectivity index (χ1) is 13.0. The Hall–Kier alpha value is -2.24. The van der Waals surface area contributed by atoms with E-state index in [-0.39, 0.29) is 5.92 Å². The molecule has 2 aromatic rings. The number of aliphatic hydroxyl groups excluding tert-OH is 1. The molecule has 1 aliphatic rings. The molecular weight excluding hydrogens is 360 g/mol. The van der Waals surface area contributed by atoms with Crippen molar-refractivity contribution in [1.82, 2.24) is 0 Å². The Labute approximate surface area is 162 Å². The highest BCUT2D eigenvalue weighted by Gasteiger charge is 2.41. The number of hydrogen-bond acceptors (Lipinski definition) is 4. The van der Waals surface area contributed by atoms with E-state index in [1.807, 2.05) is 55.5 Å². The van der Waals surface area contributed by atoms with Crippen LogP contribution in [0.25, 0.3) is 0 Å². The maximum absolute atomic E-state index is 13.2. The monoisotopic (exact) mass is 384 g/mol. The van der Waals surface area contributed by atoms with E-state index in [0.717, 1.165) is 12.0 Å². The number of carbonyl (C=O) groups excluding carboxylic acids is 1. The van der Waals surface area contributed by atoms with Gasteiger partial charge in [0.1, 0.15) is 0 Å². The number of esters is 1. The third-order valence-electron chi connectivity index (χ3n) is 5.03. The van der Waals surface area contributed by atoms with E-state index in [1.165, 1.54) is 7.11 Å². The minimum atomic E-state index is -1.37. The van der Waals surface area contributed by atoms with Crippen molar-refractivity contribution in [3.05, 3.63) is 76.7 Å². The van der Waals surface area contributed by atoms with E-state index in [2.05, 4.69) is 0 Å². The van der Waals surface area contributed by atoms with E-state index >= 15 is 0 Å². The van der Waals surface area contributed by atoms with Gasteiger partial charge < -0.3 is 9.84 Å². The van der Waals surface area contributed by atoms with Gasteiger partial charge in [-0.2, -0.15) is 0 Å². The van der Waals surface area contributed by atoms with Crippen molar-refractivity contribution in [2.75, 3.05) is 7.11 Å². The van der Waals surface area contributed by atoms with Gasteiger partial charge in [0.25, 0.3) is 0 Å². The van der Waals surface area contributed by atoms with Crippen molar-refractivity contribution in [3.63, 3.8) is 0 Å². The van der Waals surface area contributed by atoms with Gasteiger partial charge in [0, 0.05) is 15.7 Å². The van der Waals surface area contributed by atoms with E-state index in [4.69, 9.17) is 4.74 Å². The summed E-state index contributed by atoms with van der Waals surface area (Å²) < 4.78 is 18.1. The molecule has 3 rings (SSSR count). The van der Waals surface area contributed by atoms with Gasteiger partial charge >= 0.3 is 5.97 Å². The number of allylic oxidation sites excluding steroid dienone is 2. The Morgan fingerprint density at radius 3 is 2.44 bits per heavy atom. The molecule has 0 amide bonds. The zero-order valence-corrected chi connectivity index (χ0v) is 16.3. The molecule has 5 heteroatoms. The molecule has 4 nitrogen and oxygen atoms in total. The van der Waals surface area contributed by atoms with Crippen LogP contribution in [0.15, 0.2) is 70.5 Å². The molecule has 4 atom stereocenters. The van der Waals surface area contributed by atoms with Crippen LogP contribution in [0.4, 0.5) is 0 Å². The minimum Gasteiger partial charge on any atom is -0.469 e. The summed E-state index contributed by atoms with van der Waals surface area (Å²) in [5.74, 6) is -1.60. The lowest BCUT2D eigenvalue weighted by Gasteiger charge is -2.28. The molecule has 0 saturated heterocycles. The van der Waals surface area contributed by atoms with Crippen LogP contribution in [0.2, 0.25) is 0 Å². The Morgan fingerprint density at radius 2 is 1.81 bits per heavy atom. The van der Waals surface area contributed by atoms with Crippen molar-refractivity contribution in [1.29, 1.82) is 0 Å². The fraction of sp³-hybridized carbons (Fsp3) is 0.318. The SMILES string of the molecule is COC(=O)[C@H]([C@H](O)c1ccccc1)[C@H]1CCC=C1[S@@](=O)c1ccc(C)cc1. The summed E-state index contributed by atoms with van der Waals surface area (Å²) in [5.41, 5.74) is 1.75. The summed E-state index contributed by atoms with van der Waals surface area (Å²) in [7, 11) is -0.0451. The molecule has 1 N–H and O–H groups in total. The summed E-state index contributed by atoms with van der Waals surface area (Å²) in [4.78, 5) is 14.0. The summed E-state index contributed by atoms with van der Waals surface area (Å²) in [5, 5.41) is 10.9. The van der Waals surface area contributed by atoms with Crippen LogP contribution in [0.3, 0.4) is 0 Å². The number of benzene rings is 2. The predicted molar refractivity (Wildman–Crippen MR) is 105 cm³/mol. The van der Waals surface area contributed by atoms with Crippen LogP contribution in [0, 0.1) is 18.8 Å². The first kappa shape index (κ1) is 19.5. The van der Waals surface area contributed by atoms with Crippen molar-refractivity contribution >= 4 is 16.8 Å². The number of methoxy groups -OCH3 is 1. The Balaban J connectivity index is 1.92. The van der Waals surface area contributed by atoms with Crippen molar-refractivity contribution in [2.45, 2.75) is 30.8 Å². The third kappa shape index (κ3) is 4.20. The molecule has 0 heterocycles. The Morgan fingerprint density at radius 1 is 1.15 bits per heavy atom. The molecule has 0 fully saturated rings. The van der Waals surface area contributed by atoms with Gasteiger partial charge in [0.15, 0.2) is 0 Å². The Bertz CT molecular complexity index is 842. The highest BCUT2D eigenvalue weighted by atomic mass is 32.2. The van der Waals surface area contributed by atoms with E-state index < -0.39 is 28.8 Å². The molecule has 27 heavy (non-hydrogen) atoms.